The fourth-order valence-electron chi connectivity index (χ4n) is 1.36. The van der Waals surface area contributed by atoms with Crippen LogP contribution in [0.3, 0.4) is 0 Å². The van der Waals surface area contributed by atoms with Crippen LogP contribution in [0.25, 0.3) is 0 Å². The summed E-state index contributed by atoms with van der Waals surface area (Å²) in [5.41, 5.74) is -0.176. The van der Waals surface area contributed by atoms with E-state index in [1.54, 1.807) is 0 Å². The van der Waals surface area contributed by atoms with Gasteiger partial charge in [0.1, 0.15) is 0 Å². The van der Waals surface area contributed by atoms with Crippen molar-refractivity contribution in [3.8, 4) is 0 Å². The van der Waals surface area contributed by atoms with Gasteiger partial charge in [0.15, 0.2) is 0 Å². The maximum absolute atomic E-state index is 11.9. The second-order valence-corrected chi connectivity index (χ2v) is 6.13. The van der Waals surface area contributed by atoms with E-state index in [2.05, 4.69) is 4.72 Å². The van der Waals surface area contributed by atoms with E-state index < -0.39 is 21.0 Å². The smallest absolute Gasteiger partial charge is 0.275 e. The van der Waals surface area contributed by atoms with Crippen molar-refractivity contribution in [2.24, 2.45) is 0 Å². The van der Waals surface area contributed by atoms with Crippen molar-refractivity contribution >= 4 is 27.3 Å². The Hall–Kier alpha value is -1.22. The maximum atomic E-state index is 11.9. The highest BCUT2D eigenvalue weighted by atomic mass is 35.5. The van der Waals surface area contributed by atoms with E-state index in [9.17, 15) is 18.5 Å². The molecular formula is C10H13ClN2O5S. The Kier molecular flexibility index (Phi) is 4.86. The number of nitrogens with one attached hydrogen (secondary N) is 1. The molecule has 9 heteroatoms. The molecule has 0 fully saturated rings. The van der Waals surface area contributed by atoms with Gasteiger partial charge in [-0.25, -0.2) is 13.1 Å². The standard InChI is InChI=1S/C10H13ClN2O5S/c1-6(5-14)12-19(17,18)8-3-9(11)7(2)10(4-8)13(15)16/h3-4,6,12,14H,5H2,1-2H3. The summed E-state index contributed by atoms with van der Waals surface area (Å²) in [5.74, 6) is 0. The average Bonchev–Trinajstić information content (AvgIpc) is 2.31. The zero-order chi connectivity index (χ0) is 14.8. The number of rotatable bonds is 5. The predicted octanol–water partition coefficient (Wildman–Crippen LogP) is 1.22. The number of nitro benzene ring substituents is 1. The van der Waals surface area contributed by atoms with Gasteiger partial charge in [-0.15, -0.1) is 0 Å². The van der Waals surface area contributed by atoms with Gasteiger partial charge in [-0.05, 0) is 19.9 Å². The summed E-state index contributed by atoms with van der Waals surface area (Å²) >= 11 is 5.79. The monoisotopic (exact) mass is 308 g/mol. The summed E-state index contributed by atoms with van der Waals surface area (Å²) in [6, 6.07) is 1.37. The number of hydrogen-bond donors (Lipinski definition) is 2. The molecule has 0 saturated carbocycles. The molecule has 1 aromatic rings. The molecule has 0 heterocycles. The Morgan fingerprint density at radius 1 is 1.53 bits per heavy atom. The lowest BCUT2D eigenvalue weighted by Gasteiger charge is -2.12. The van der Waals surface area contributed by atoms with Gasteiger partial charge < -0.3 is 5.11 Å². The molecule has 0 aromatic heterocycles. The van der Waals surface area contributed by atoms with Gasteiger partial charge in [0.05, 0.1) is 21.4 Å². The SMILES string of the molecule is Cc1c(Cl)cc(S(=O)(=O)NC(C)CO)cc1[N+](=O)[O-]. The molecule has 0 spiro atoms. The number of nitrogens with zero attached hydrogens (tertiary/aromatic N) is 1. The van der Waals surface area contributed by atoms with E-state index in [0.29, 0.717) is 0 Å². The molecule has 0 aliphatic carbocycles. The van der Waals surface area contributed by atoms with Crippen LogP contribution in [0.1, 0.15) is 12.5 Å². The highest BCUT2D eigenvalue weighted by Gasteiger charge is 2.23. The van der Waals surface area contributed by atoms with Gasteiger partial charge in [-0.1, -0.05) is 11.6 Å². The molecule has 106 valence electrons. The van der Waals surface area contributed by atoms with Crippen LogP contribution in [0.5, 0.6) is 0 Å². The first-order chi connectivity index (χ1) is 8.69. The van der Waals surface area contributed by atoms with Crippen molar-refractivity contribution < 1.29 is 18.4 Å². The molecular weight excluding hydrogens is 296 g/mol. The van der Waals surface area contributed by atoms with E-state index in [0.717, 1.165) is 12.1 Å². The van der Waals surface area contributed by atoms with Crippen molar-refractivity contribution in [1.29, 1.82) is 0 Å². The van der Waals surface area contributed by atoms with Crippen LogP contribution in [-0.4, -0.2) is 31.1 Å². The molecule has 7 nitrogen and oxygen atoms in total. The van der Waals surface area contributed by atoms with Gasteiger partial charge >= 0.3 is 0 Å². The lowest BCUT2D eigenvalue weighted by atomic mass is 10.2. The number of benzene rings is 1. The molecule has 0 aliphatic heterocycles. The van der Waals surface area contributed by atoms with E-state index in [1.165, 1.54) is 13.8 Å². The first-order valence-corrected chi connectivity index (χ1v) is 7.13. The quantitative estimate of drug-likeness (QED) is 0.627. The fourth-order valence-corrected chi connectivity index (χ4v) is 2.91. The van der Waals surface area contributed by atoms with E-state index in [-0.39, 0.29) is 27.8 Å². The van der Waals surface area contributed by atoms with Crippen LogP contribution < -0.4 is 4.72 Å². The second kappa shape index (κ2) is 5.83. The van der Waals surface area contributed by atoms with Gasteiger partial charge in [0.25, 0.3) is 5.69 Å². The van der Waals surface area contributed by atoms with Gasteiger partial charge in [0.2, 0.25) is 10.0 Å². The Morgan fingerprint density at radius 2 is 2.11 bits per heavy atom. The summed E-state index contributed by atoms with van der Waals surface area (Å²) in [4.78, 5) is 9.81. The Labute approximate surface area is 115 Å². The Morgan fingerprint density at radius 3 is 2.58 bits per heavy atom. The molecule has 1 unspecified atom stereocenters. The van der Waals surface area contributed by atoms with Crippen LogP contribution >= 0.6 is 11.6 Å². The maximum Gasteiger partial charge on any atom is 0.275 e. The third-order valence-electron chi connectivity index (χ3n) is 2.43. The summed E-state index contributed by atoms with van der Waals surface area (Å²) in [6.45, 7) is 2.50. The lowest BCUT2D eigenvalue weighted by molar-refractivity contribution is -0.385. The Bertz CT molecular complexity index is 602. The number of sulfonamides is 1. The van der Waals surface area contributed by atoms with Crippen LogP contribution in [0, 0.1) is 17.0 Å². The minimum Gasteiger partial charge on any atom is -0.395 e. The third kappa shape index (κ3) is 3.63. The van der Waals surface area contributed by atoms with Gasteiger partial charge in [-0.2, -0.15) is 0 Å². The third-order valence-corrected chi connectivity index (χ3v) is 4.39. The summed E-state index contributed by atoms with van der Waals surface area (Å²) in [5, 5.41) is 19.6. The number of aliphatic hydroxyl groups excluding tert-OH is 1. The molecule has 1 atom stereocenters. The minimum atomic E-state index is -3.97. The van der Waals surface area contributed by atoms with Crippen LogP contribution in [-0.2, 0) is 10.0 Å². The number of nitro groups is 1. The topological polar surface area (TPSA) is 110 Å². The van der Waals surface area contributed by atoms with Crippen LogP contribution in [0.15, 0.2) is 17.0 Å². The van der Waals surface area contributed by atoms with E-state index >= 15 is 0 Å². The molecule has 1 aromatic carbocycles. The molecule has 0 aliphatic rings. The zero-order valence-corrected chi connectivity index (χ0v) is 11.8. The summed E-state index contributed by atoms with van der Waals surface area (Å²) in [7, 11) is -3.97. The molecule has 0 saturated heterocycles. The molecule has 0 radical (unpaired) electrons. The fraction of sp³-hybridized carbons (Fsp3) is 0.400. The normalized spacial score (nSPS) is 13.3. The van der Waals surface area contributed by atoms with Crippen molar-refractivity contribution in [3.05, 3.63) is 32.8 Å². The van der Waals surface area contributed by atoms with Gasteiger partial charge in [0, 0.05) is 17.7 Å². The van der Waals surface area contributed by atoms with Crippen molar-refractivity contribution in [3.63, 3.8) is 0 Å². The average molecular weight is 309 g/mol. The molecule has 19 heavy (non-hydrogen) atoms. The number of halogens is 1. The van der Waals surface area contributed by atoms with E-state index in [1.807, 2.05) is 0 Å². The first kappa shape index (κ1) is 15.8. The summed E-state index contributed by atoms with van der Waals surface area (Å²) in [6.07, 6.45) is 0. The first-order valence-electron chi connectivity index (χ1n) is 5.26. The second-order valence-electron chi connectivity index (χ2n) is 4.01. The molecule has 0 amide bonds. The van der Waals surface area contributed by atoms with Crippen molar-refractivity contribution in [1.82, 2.24) is 4.72 Å². The molecule has 2 N–H and O–H groups in total. The van der Waals surface area contributed by atoms with Crippen molar-refractivity contribution in [2.75, 3.05) is 6.61 Å². The summed E-state index contributed by atoms with van der Waals surface area (Å²) < 4.78 is 26.0. The van der Waals surface area contributed by atoms with Crippen molar-refractivity contribution in [2.45, 2.75) is 24.8 Å². The lowest BCUT2D eigenvalue weighted by Crippen LogP contribution is -2.35. The zero-order valence-electron chi connectivity index (χ0n) is 10.3. The highest BCUT2D eigenvalue weighted by Crippen LogP contribution is 2.29. The number of hydrogen-bond acceptors (Lipinski definition) is 5. The molecule has 1 rings (SSSR count). The number of aliphatic hydroxyl groups is 1. The molecule has 0 bridgehead atoms. The Balaban J connectivity index is 3.32. The van der Waals surface area contributed by atoms with Crippen LogP contribution in [0.2, 0.25) is 5.02 Å². The highest BCUT2D eigenvalue weighted by molar-refractivity contribution is 7.89. The van der Waals surface area contributed by atoms with Crippen LogP contribution in [0.4, 0.5) is 5.69 Å². The predicted molar refractivity (Wildman–Crippen MR) is 69.7 cm³/mol. The van der Waals surface area contributed by atoms with Gasteiger partial charge in [-0.3, -0.25) is 10.1 Å². The largest absolute Gasteiger partial charge is 0.395 e. The minimum absolute atomic E-state index is 0.00812. The van der Waals surface area contributed by atoms with E-state index in [4.69, 9.17) is 16.7 Å².